The van der Waals surface area contributed by atoms with Crippen molar-refractivity contribution in [1.29, 1.82) is 0 Å². The normalized spacial score (nSPS) is 11.4. The fourth-order valence-corrected chi connectivity index (χ4v) is 4.96. The second-order valence-corrected chi connectivity index (χ2v) is 9.22. The zero-order valence-corrected chi connectivity index (χ0v) is 24.1. The van der Waals surface area contributed by atoms with Crippen molar-refractivity contribution in [2.24, 2.45) is 5.73 Å². The zero-order valence-electron chi connectivity index (χ0n) is 22.5. The minimum atomic E-state index is -1.02. The van der Waals surface area contributed by atoms with Gasteiger partial charge >= 0.3 is 5.97 Å². The maximum Gasteiger partial charge on any atom is 0.352 e. The molecule has 0 bridgehead atoms. The number of para-hydroxylation sites is 1. The number of rotatable bonds is 9. The predicted octanol–water partition coefficient (Wildman–Crippen LogP) is 7.19. The molecule has 0 aliphatic rings. The lowest BCUT2D eigenvalue weighted by Gasteiger charge is -2.13. The van der Waals surface area contributed by atoms with E-state index in [2.05, 4.69) is 15.3 Å². The molecule has 0 saturated heterocycles. The van der Waals surface area contributed by atoms with Gasteiger partial charge in [-0.15, -0.1) is 5.10 Å². The van der Waals surface area contributed by atoms with Gasteiger partial charge in [-0.05, 0) is 49.8 Å². The molecular formula is C28H38ClN5O2S. The first-order chi connectivity index (χ1) is 17.9. The Labute approximate surface area is 228 Å². The molecule has 4 N–H and O–H groups in total. The van der Waals surface area contributed by atoms with Crippen molar-refractivity contribution in [3.8, 4) is 11.1 Å². The number of nitrogens with one attached hydrogen (secondary N) is 1. The third-order valence-corrected chi connectivity index (χ3v) is 6.71. The van der Waals surface area contributed by atoms with Crippen LogP contribution in [-0.4, -0.2) is 43.9 Å². The van der Waals surface area contributed by atoms with Crippen molar-refractivity contribution < 1.29 is 9.90 Å². The molecule has 0 saturated carbocycles. The summed E-state index contributed by atoms with van der Waals surface area (Å²) < 4.78 is 1.80. The quantitative estimate of drug-likeness (QED) is 0.206. The topological polar surface area (TPSA) is 110 Å². The fraction of sp³-hybridized carbons (Fsp3) is 0.393. The smallest absolute Gasteiger partial charge is 0.352 e. The highest BCUT2D eigenvalue weighted by atomic mass is 35.5. The second-order valence-electron chi connectivity index (χ2n) is 7.95. The first kappa shape index (κ1) is 30.4. The van der Waals surface area contributed by atoms with Gasteiger partial charge in [-0.3, -0.25) is 0 Å². The molecule has 2 aromatic carbocycles. The summed E-state index contributed by atoms with van der Waals surface area (Å²) in [5, 5.41) is 20.0. The average Bonchev–Trinajstić information content (AvgIpc) is 3.56. The number of thioether (sulfide) groups is 1. The monoisotopic (exact) mass is 543 g/mol. The van der Waals surface area contributed by atoms with Crippen LogP contribution in [0.3, 0.4) is 0 Å². The lowest BCUT2D eigenvalue weighted by atomic mass is 9.98. The van der Waals surface area contributed by atoms with Gasteiger partial charge in [0.1, 0.15) is 5.69 Å². The van der Waals surface area contributed by atoms with Crippen molar-refractivity contribution in [2.75, 3.05) is 12.8 Å². The Morgan fingerprint density at radius 3 is 2.57 bits per heavy atom. The highest BCUT2D eigenvalue weighted by molar-refractivity contribution is 7.97. The molecule has 9 heteroatoms. The number of hydrogen-bond donors (Lipinski definition) is 3. The van der Waals surface area contributed by atoms with Gasteiger partial charge in [0.2, 0.25) is 0 Å². The number of nitrogens with zero attached hydrogens (tertiary/aromatic N) is 3. The van der Waals surface area contributed by atoms with Gasteiger partial charge in [0.25, 0.3) is 0 Å². The van der Waals surface area contributed by atoms with Crippen molar-refractivity contribution in [3.05, 3.63) is 70.1 Å². The molecule has 4 aromatic rings. The number of aromatic carboxylic acids is 1. The number of carbonyl (C=O) groups is 1. The van der Waals surface area contributed by atoms with Crippen molar-refractivity contribution in [1.82, 2.24) is 20.0 Å². The van der Waals surface area contributed by atoms with E-state index in [0.717, 1.165) is 51.9 Å². The van der Waals surface area contributed by atoms with E-state index in [1.165, 1.54) is 0 Å². The number of aromatic nitrogens is 4. The molecule has 2 aromatic heterocycles. The Bertz CT molecular complexity index is 1300. The minimum Gasteiger partial charge on any atom is -0.477 e. The van der Waals surface area contributed by atoms with Gasteiger partial charge in [0, 0.05) is 33.5 Å². The Morgan fingerprint density at radius 1 is 1.22 bits per heavy atom. The number of nitrogens with two attached hydrogens (primary N) is 1. The molecule has 4 rings (SSSR count). The molecule has 37 heavy (non-hydrogen) atoms. The Balaban J connectivity index is 0.00000115. The van der Waals surface area contributed by atoms with E-state index in [4.69, 9.17) is 17.3 Å². The zero-order chi connectivity index (χ0) is 27.5. The molecule has 2 heterocycles. The second kappa shape index (κ2) is 14.8. The van der Waals surface area contributed by atoms with Crippen LogP contribution in [0.25, 0.3) is 22.0 Å². The van der Waals surface area contributed by atoms with Crippen LogP contribution in [0.4, 0.5) is 0 Å². The highest BCUT2D eigenvalue weighted by Gasteiger charge is 2.23. The maximum absolute atomic E-state index is 12.2. The van der Waals surface area contributed by atoms with E-state index in [9.17, 15) is 9.90 Å². The summed E-state index contributed by atoms with van der Waals surface area (Å²) in [6.07, 6.45) is 5.57. The van der Waals surface area contributed by atoms with Crippen molar-refractivity contribution >= 4 is 40.2 Å². The lowest BCUT2D eigenvalue weighted by molar-refractivity contribution is 0.0692. The Morgan fingerprint density at radius 2 is 1.95 bits per heavy atom. The number of hydrogen-bond acceptors (Lipinski definition) is 5. The number of aromatic amines is 1. The summed E-state index contributed by atoms with van der Waals surface area (Å²) in [6.45, 7) is 10.6. The molecule has 200 valence electrons. The number of carboxylic acid groups (broad SMARTS) is 1. The van der Waals surface area contributed by atoms with Gasteiger partial charge in [0.15, 0.2) is 0 Å². The number of fused-ring (bicyclic) bond motifs is 1. The molecule has 0 fully saturated rings. The first-order valence-corrected chi connectivity index (χ1v) is 14.5. The van der Waals surface area contributed by atoms with Crippen LogP contribution in [0, 0.1) is 0 Å². The molecule has 0 radical (unpaired) electrons. The summed E-state index contributed by atoms with van der Waals surface area (Å²) in [5.41, 5.74) is 10.7. The van der Waals surface area contributed by atoms with E-state index in [0.29, 0.717) is 17.1 Å². The van der Waals surface area contributed by atoms with Gasteiger partial charge in [-0.2, -0.15) is 11.8 Å². The largest absolute Gasteiger partial charge is 0.477 e. The summed E-state index contributed by atoms with van der Waals surface area (Å²) >= 11 is 8.20. The van der Waals surface area contributed by atoms with E-state index in [1.807, 2.05) is 83.5 Å². The van der Waals surface area contributed by atoms with Crippen molar-refractivity contribution in [3.63, 3.8) is 0 Å². The number of halogens is 1. The van der Waals surface area contributed by atoms with Gasteiger partial charge in [0.05, 0.1) is 17.3 Å². The van der Waals surface area contributed by atoms with Crippen LogP contribution in [0.15, 0.2) is 42.6 Å². The van der Waals surface area contributed by atoms with Crippen LogP contribution in [0.5, 0.6) is 0 Å². The predicted molar refractivity (Wildman–Crippen MR) is 157 cm³/mol. The summed E-state index contributed by atoms with van der Waals surface area (Å²) in [5.74, 6) is -0.222. The molecule has 1 atom stereocenters. The van der Waals surface area contributed by atoms with E-state index < -0.39 is 5.97 Å². The van der Waals surface area contributed by atoms with E-state index in [1.54, 1.807) is 16.4 Å². The van der Waals surface area contributed by atoms with E-state index >= 15 is 0 Å². The maximum atomic E-state index is 12.2. The summed E-state index contributed by atoms with van der Waals surface area (Å²) in [7, 11) is 0. The molecule has 7 nitrogen and oxygen atoms in total. The number of H-pyrrole nitrogens is 1. The van der Waals surface area contributed by atoms with Gasteiger partial charge < -0.3 is 15.8 Å². The highest BCUT2D eigenvalue weighted by Crippen LogP contribution is 2.38. The molecule has 0 spiro atoms. The van der Waals surface area contributed by atoms with Crippen LogP contribution in [-0.2, 0) is 12.2 Å². The van der Waals surface area contributed by atoms with E-state index in [-0.39, 0.29) is 11.7 Å². The Hall–Kier alpha value is -2.81. The third-order valence-electron chi connectivity index (χ3n) is 5.76. The lowest BCUT2D eigenvalue weighted by Crippen LogP contribution is -2.08. The van der Waals surface area contributed by atoms with Crippen LogP contribution in [0.1, 0.15) is 74.4 Å². The minimum absolute atomic E-state index is 0.139. The molecule has 1 unspecified atom stereocenters. The molecule has 0 aliphatic carbocycles. The van der Waals surface area contributed by atoms with Crippen LogP contribution in [0.2, 0.25) is 5.02 Å². The average molecular weight is 544 g/mol. The molecule has 0 amide bonds. The van der Waals surface area contributed by atoms with Crippen molar-refractivity contribution in [2.45, 2.75) is 59.3 Å². The Kier molecular flexibility index (Phi) is 12.2. The standard InChI is InChI=1S/C24H26ClN5O2S.2C2H6/c1-14(30-12-17(28-29-30)5-4-10-26)18-6-3-7-19-21(23(24(31)32)27-22(18)19)15-8-9-16(13-33-2)20(25)11-15;2*1-2/h3,6-9,11-12,14,27H,4-5,10,13,26H2,1-2H3,(H,31,32);2*1-2H3. The first-order valence-electron chi connectivity index (χ1n) is 12.7. The van der Waals surface area contributed by atoms with Crippen LogP contribution < -0.4 is 5.73 Å². The summed E-state index contributed by atoms with van der Waals surface area (Å²) in [6, 6.07) is 11.4. The molecule has 0 aliphatic heterocycles. The number of aryl methyl sites for hydroxylation is 1. The summed E-state index contributed by atoms with van der Waals surface area (Å²) in [4.78, 5) is 15.3. The van der Waals surface area contributed by atoms with Crippen LogP contribution >= 0.6 is 23.4 Å². The van der Waals surface area contributed by atoms with Gasteiger partial charge in [-0.25, -0.2) is 9.48 Å². The number of carboxylic acids is 1. The third kappa shape index (κ3) is 6.94. The molecular weight excluding hydrogens is 506 g/mol. The SMILES string of the molecule is CC.CC.CSCc1ccc(-c2c(C(=O)O)[nH]c3c(C(C)n4cc(CCCN)nn4)cccc23)cc1Cl. The number of benzene rings is 2. The van der Waals surface area contributed by atoms with Gasteiger partial charge in [-0.1, -0.05) is 74.8 Å². The fourth-order valence-electron chi connectivity index (χ4n) is 4.07.